The quantitative estimate of drug-likeness (QED) is 0.817. The minimum atomic E-state index is -0.327. The average molecular weight is 359 g/mol. The molecule has 1 aromatic carbocycles. The Morgan fingerprint density at radius 2 is 1.81 bits per heavy atom. The van der Waals surface area contributed by atoms with Crippen LogP contribution in [0, 0.1) is 0 Å². The number of hydrogen-bond acceptors (Lipinski definition) is 5. The summed E-state index contributed by atoms with van der Waals surface area (Å²) in [7, 11) is 0. The van der Waals surface area contributed by atoms with Crippen molar-refractivity contribution in [3.63, 3.8) is 0 Å². The zero-order chi connectivity index (χ0) is 17.9. The second-order valence-electron chi connectivity index (χ2n) is 7.04. The van der Waals surface area contributed by atoms with Crippen LogP contribution in [0.5, 0.6) is 0 Å². The molecule has 0 bridgehead atoms. The zero-order valence-corrected chi connectivity index (χ0v) is 14.9. The highest BCUT2D eigenvalue weighted by atomic mass is 16.6. The Bertz CT molecular complexity index is 649. The molecule has 3 saturated heterocycles. The van der Waals surface area contributed by atoms with Gasteiger partial charge < -0.3 is 14.4 Å². The van der Waals surface area contributed by atoms with E-state index in [0.717, 1.165) is 57.9 Å². The third-order valence-corrected chi connectivity index (χ3v) is 5.33. The molecule has 3 heterocycles. The molecule has 7 heteroatoms. The molecule has 0 aliphatic carbocycles. The van der Waals surface area contributed by atoms with Crippen LogP contribution in [0.2, 0.25) is 0 Å². The van der Waals surface area contributed by atoms with Crippen LogP contribution in [0.25, 0.3) is 0 Å². The van der Waals surface area contributed by atoms with E-state index in [1.165, 1.54) is 0 Å². The lowest BCUT2D eigenvalue weighted by Gasteiger charge is -2.35. The predicted molar refractivity (Wildman–Crippen MR) is 96.5 cm³/mol. The Hall–Kier alpha value is -2.12. The summed E-state index contributed by atoms with van der Waals surface area (Å²) >= 11 is 0. The summed E-state index contributed by atoms with van der Waals surface area (Å²) in [5.74, 6) is 0.0531. The molecule has 140 valence electrons. The van der Waals surface area contributed by atoms with Gasteiger partial charge in [-0.2, -0.15) is 0 Å². The van der Waals surface area contributed by atoms with Crippen LogP contribution < -0.4 is 4.90 Å². The summed E-state index contributed by atoms with van der Waals surface area (Å²) in [5, 5.41) is 0. The number of cyclic esters (lactones) is 1. The first-order chi connectivity index (χ1) is 12.7. The highest BCUT2D eigenvalue weighted by Gasteiger charge is 2.26. The minimum Gasteiger partial charge on any atom is -0.447 e. The molecule has 3 aliphatic heterocycles. The van der Waals surface area contributed by atoms with Crippen molar-refractivity contribution in [1.82, 2.24) is 9.80 Å². The first kappa shape index (κ1) is 17.3. The molecule has 2 amide bonds. The summed E-state index contributed by atoms with van der Waals surface area (Å²) in [6.07, 6.45) is 2.35. The first-order valence-electron chi connectivity index (χ1n) is 9.38. The number of hydrogen-bond donors (Lipinski definition) is 0. The van der Waals surface area contributed by atoms with E-state index in [1.54, 1.807) is 17.0 Å². The van der Waals surface area contributed by atoms with Gasteiger partial charge in [0, 0.05) is 50.6 Å². The van der Waals surface area contributed by atoms with Crippen molar-refractivity contribution in [2.45, 2.75) is 18.9 Å². The number of ether oxygens (including phenoxy) is 2. The van der Waals surface area contributed by atoms with Crippen molar-refractivity contribution in [2.24, 2.45) is 0 Å². The fourth-order valence-electron chi connectivity index (χ4n) is 3.80. The van der Waals surface area contributed by atoms with Crippen molar-refractivity contribution in [1.29, 1.82) is 0 Å². The van der Waals surface area contributed by atoms with E-state index in [1.807, 2.05) is 17.0 Å². The number of nitrogens with zero attached hydrogens (tertiary/aromatic N) is 3. The van der Waals surface area contributed by atoms with Crippen molar-refractivity contribution < 1.29 is 19.1 Å². The Labute approximate surface area is 153 Å². The third-order valence-electron chi connectivity index (χ3n) is 5.33. The number of carbonyl (C=O) groups is 2. The Morgan fingerprint density at radius 3 is 2.42 bits per heavy atom. The SMILES string of the molecule is O=C(c1ccc(N2CCOC2=O)cc1)N1CCN(CC2CCCO2)CC1. The maximum absolute atomic E-state index is 12.7. The summed E-state index contributed by atoms with van der Waals surface area (Å²) in [6.45, 7) is 6.09. The molecule has 0 saturated carbocycles. The van der Waals surface area contributed by atoms with Gasteiger partial charge in [-0.3, -0.25) is 14.6 Å². The van der Waals surface area contributed by atoms with E-state index in [-0.39, 0.29) is 12.0 Å². The minimum absolute atomic E-state index is 0.0531. The number of piperazine rings is 1. The van der Waals surface area contributed by atoms with Crippen molar-refractivity contribution in [2.75, 3.05) is 57.4 Å². The largest absolute Gasteiger partial charge is 0.447 e. The van der Waals surface area contributed by atoms with Gasteiger partial charge in [0.1, 0.15) is 6.61 Å². The second kappa shape index (κ2) is 7.63. The van der Waals surface area contributed by atoms with Gasteiger partial charge in [0.25, 0.3) is 5.91 Å². The molecule has 3 aliphatic rings. The maximum atomic E-state index is 12.7. The van der Waals surface area contributed by atoms with E-state index < -0.39 is 0 Å². The molecular formula is C19H25N3O4. The van der Waals surface area contributed by atoms with Gasteiger partial charge in [0.05, 0.1) is 12.6 Å². The Balaban J connectivity index is 1.31. The molecule has 1 aromatic rings. The van der Waals surface area contributed by atoms with Gasteiger partial charge in [-0.1, -0.05) is 0 Å². The van der Waals surface area contributed by atoms with Crippen LogP contribution in [-0.4, -0.2) is 80.4 Å². The zero-order valence-electron chi connectivity index (χ0n) is 14.9. The fourth-order valence-corrected chi connectivity index (χ4v) is 3.80. The van der Waals surface area contributed by atoms with Crippen LogP contribution in [0.15, 0.2) is 24.3 Å². The molecule has 0 N–H and O–H groups in total. The first-order valence-corrected chi connectivity index (χ1v) is 9.38. The van der Waals surface area contributed by atoms with Gasteiger partial charge in [-0.05, 0) is 37.1 Å². The molecular weight excluding hydrogens is 334 g/mol. The van der Waals surface area contributed by atoms with Gasteiger partial charge >= 0.3 is 6.09 Å². The van der Waals surface area contributed by atoms with Gasteiger partial charge in [0.15, 0.2) is 0 Å². The van der Waals surface area contributed by atoms with E-state index >= 15 is 0 Å². The lowest BCUT2D eigenvalue weighted by atomic mass is 10.1. The number of anilines is 1. The third kappa shape index (κ3) is 3.68. The topological polar surface area (TPSA) is 62.3 Å². The highest BCUT2D eigenvalue weighted by Crippen LogP contribution is 2.20. The number of rotatable bonds is 4. The van der Waals surface area contributed by atoms with Crippen LogP contribution in [-0.2, 0) is 9.47 Å². The van der Waals surface area contributed by atoms with Crippen LogP contribution in [0.3, 0.4) is 0 Å². The average Bonchev–Trinajstić information content (AvgIpc) is 3.34. The van der Waals surface area contributed by atoms with Crippen molar-refractivity contribution in [3.05, 3.63) is 29.8 Å². The molecule has 4 rings (SSSR count). The lowest BCUT2D eigenvalue weighted by molar-refractivity contribution is 0.0432. The standard InChI is InChI=1S/C19H25N3O4/c23-18(15-3-5-16(6-4-15)22-11-13-26-19(22)24)21-9-7-20(8-10-21)14-17-2-1-12-25-17/h3-6,17H,1-2,7-14H2. The van der Waals surface area contributed by atoms with Gasteiger partial charge in [-0.25, -0.2) is 4.79 Å². The number of carbonyl (C=O) groups excluding carboxylic acids is 2. The van der Waals surface area contributed by atoms with Crippen molar-refractivity contribution in [3.8, 4) is 0 Å². The summed E-state index contributed by atoms with van der Waals surface area (Å²) in [4.78, 5) is 30.2. The second-order valence-corrected chi connectivity index (χ2v) is 7.04. The Kier molecular flexibility index (Phi) is 5.08. The summed E-state index contributed by atoms with van der Waals surface area (Å²) in [6, 6.07) is 7.21. The molecule has 0 aromatic heterocycles. The van der Waals surface area contributed by atoms with E-state index in [2.05, 4.69) is 4.90 Å². The molecule has 1 atom stereocenters. The van der Waals surface area contributed by atoms with Crippen LogP contribution in [0.4, 0.5) is 10.5 Å². The van der Waals surface area contributed by atoms with E-state index in [4.69, 9.17) is 9.47 Å². The molecule has 0 radical (unpaired) electrons. The molecule has 1 unspecified atom stereocenters. The summed E-state index contributed by atoms with van der Waals surface area (Å²) < 4.78 is 10.6. The van der Waals surface area contributed by atoms with Gasteiger partial charge in [0.2, 0.25) is 0 Å². The normalized spacial score (nSPS) is 24.2. The summed E-state index contributed by atoms with van der Waals surface area (Å²) in [5.41, 5.74) is 1.43. The highest BCUT2D eigenvalue weighted by molar-refractivity contribution is 5.95. The van der Waals surface area contributed by atoms with Gasteiger partial charge in [-0.15, -0.1) is 0 Å². The maximum Gasteiger partial charge on any atom is 0.414 e. The monoisotopic (exact) mass is 359 g/mol. The molecule has 3 fully saturated rings. The fraction of sp³-hybridized carbons (Fsp3) is 0.579. The van der Waals surface area contributed by atoms with Crippen LogP contribution in [0.1, 0.15) is 23.2 Å². The number of benzene rings is 1. The van der Waals surface area contributed by atoms with Crippen molar-refractivity contribution >= 4 is 17.7 Å². The van der Waals surface area contributed by atoms with E-state index in [0.29, 0.717) is 24.8 Å². The van der Waals surface area contributed by atoms with Crippen LogP contribution >= 0.6 is 0 Å². The molecule has 26 heavy (non-hydrogen) atoms. The lowest BCUT2D eigenvalue weighted by Crippen LogP contribution is -2.50. The smallest absolute Gasteiger partial charge is 0.414 e. The molecule has 0 spiro atoms. The Morgan fingerprint density at radius 1 is 1.04 bits per heavy atom. The number of amides is 2. The molecule has 7 nitrogen and oxygen atoms in total. The van der Waals surface area contributed by atoms with E-state index in [9.17, 15) is 9.59 Å². The predicted octanol–water partition coefficient (Wildman–Crippen LogP) is 1.58.